The van der Waals surface area contributed by atoms with Crippen molar-refractivity contribution in [3.05, 3.63) is 48.8 Å². The molecule has 2 aliphatic carbocycles. The number of nitrogens with zero attached hydrogens (tertiary/aromatic N) is 5. The molecule has 0 spiro atoms. The highest BCUT2D eigenvalue weighted by molar-refractivity contribution is 5.86. The van der Waals surface area contributed by atoms with Gasteiger partial charge in [0.05, 0.1) is 24.1 Å². The van der Waals surface area contributed by atoms with Crippen LogP contribution >= 0.6 is 0 Å². The van der Waals surface area contributed by atoms with Crippen molar-refractivity contribution in [2.45, 2.75) is 51.2 Å². The van der Waals surface area contributed by atoms with Gasteiger partial charge in [-0.1, -0.05) is 0 Å². The Bertz CT molecular complexity index is 1410. The Kier molecular flexibility index (Phi) is 3.65. The van der Waals surface area contributed by atoms with Gasteiger partial charge in [0, 0.05) is 35.8 Å². The average Bonchev–Trinajstić information content (AvgIpc) is 3.06. The standard InChI is InChI=1S/C24H26N6O3/c1-13-10-26-17-8-14(4-6-29(13)17)31-11-24-9-16(24)18(19-20(24)33-23(2,3)32-19)30-7-5-15-21(25)27-12-28-22(15)30/h4-8,10,12,16,18-20H,9,11H2,1-3H3,(H2,25,27,28)/t16?,18-,19+,20+,24+/m1/s1. The summed E-state index contributed by atoms with van der Waals surface area (Å²) >= 11 is 0. The summed E-state index contributed by atoms with van der Waals surface area (Å²) in [6.45, 7) is 6.57. The molecular formula is C24H26N6O3. The van der Waals surface area contributed by atoms with Crippen molar-refractivity contribution in [1.29, 1.82) is 0 Å². The molecule has 4 aromatic heterocycles. The quantitative estimate of drug-likeness (QED) is 0.514. The summed E-state index contributed by atoms with van der Waals surface area (Å²) in [6.07, 6.45) is 8.34. The number of ether oxygens (including phenoxy) is 3. The van der Waals surface area contributed by atoms with Gasteiger partial charge < -0.3 is 28.9 Å². The largest absolute Gasteiger partial charge is 0.493 e. The second kappa shape index (κ2) is 6.24. The summed E-state index contributed by atoms with van der Waals surface area (Å²) in [4.78, 5) is 13.1. The molecule has 0 aromatic carbocycles. The number of nitrogens with two attached hydrogens (primary N) is 1. The molecule has 170 valence electrons. The molecule has 9 heteroatoms. The molecule has 3 fully saturated rings. The van der Waals surface area contributed by atoms with Crippen LogP contribution in [-0.2, 0) is 9.47 Å². The molecule has 9 nitrogen and oxygen atoms in total. The van der Waals surface area contributed by atoms with E-state index in [0.29, 0.717) is 18.3 Å². The molecular weight excluding hydrogens is 420 g/mol. The highest BCUT2D eigenvalue weighted by Gasteiger charge is 2.76. The number of nitrogen functional groups attached to an aromatic ring is 1. The zero-order valence-corrected chi connectivity index (χ0v) is 18.8. The minimum atomic E-state index is -0.641. The SMILES string of the molecule is Cc1cnc2cc(OC[C@@]34CC3[C@@H](n3ccc5c(N)ncnc53)[C@@H]3OC(C)(C)O[C@@H]34)ccn12. The maximum atomic E-state index is 6.47. The van der Waals surface area contributed by atoms with Crippen LogP contribution in [0, 0.1) is 18.3 Å². The van der Waals surface area contributed by atoms with E-state index in [1.807, 2.05) is 55.8 Å². The van der Waals surface area contributed by atoms with Crippen LogP contribution in [0.5, 0.6) is 5.75 Å². The smallest absolute Gasteiger partial charge is 0.163 e. The fourth-order valence-electron chi connectivity index (χ4n) is 6.08. The fourth-order valence-corrected chi connectivity index (χ4v) is 6.08. The lowest BCUT2D eigenvalue weighted by Gasteiger charge is -2.24. The van der Waals surface area contributed by atoms with Crippen molar-refractivity contribution in [1.82, 2.24) is 23.9 Å². The van der Waals surface area contributed by atoms with Crippen molar-refractivity contribution < 1.29 is 14.2 Å². The van der Waals surface area contributed by atoms with Gasteiger partial charge in [-0.25, -0.2) is 15.0 Å². The van der Waals surface area contributed by atoms with Crippen molar-refractivity contribution in [3.8, 4) is 5.75 Å². The highest BCUT2D eigenvalue weighted by atomic mass is 16.8. The van der Waals surface area contributed by atoms with Gasteiger partial charge >= 0.3 is 0 Å². The molecule has 1 unspecified atom stereocenters. The molecule has 0 radical (unpaired) electrons. The first-order valence-electron chi connectivity index (χ1n) is 11.4. The van der Waals surface area contributed by atoms with E-state index in [4.69, 9.17) is 19.9 Å². The zero-order chi connectivity index (χ0) is 22.5. The van der Waals surface area contributed by atoms with Crippen molar-refractivity contribution >= 4 is 22.5 Å². The van der Waals surface area contributed by atoms with E-state index in [1.54, 1.807) is 0 Å². The molecule has 7 rings (SSSR count). The third-order valence-electron chi connectivity index (χ3n) is 7.66. The fraction of sp³-hybridized carbons (Fsp3) is 0.458. The van der Waals surface area contributed by atoms with Crippen LogP contribution in [0.25, 0.3) is 16.7 Å². The van der Waals surface area contributed by atoms with E-state index in [0.717, 1.165) is 34.5 Å². The van der Waals surface area contributed by atoms with Gasteiger partial charge in [0.15, 0.2) is 5.79 Å². The normalized spacial score (nSPS) is 31.7. The van der Waals surface area contributed by atoms with Crippen LogP contribution in [-0.4, -0.2) is 48.5 Å². The first-order valence-corrected chi connectivity index (χ1v) is 11.4. The van der Waals surface area contributed by atoms with Crippen LogP contribution in [0.3, 0.4) is 0 Å². The van der Waals surface area contributed by atoms with E-state index in [-0.39, 0.29) is 23.7 Å². The van der Waals surface area contributed by atoms with E-state index in [9.17, 15) is 0 Å². The topological polar surface area (TPSA) is 102 Å². The number of aromatic nitrogens is 5. The Hall–Kier alpha value is -3.17. The third-order valence-corrected chi connectivity index (χ3v) is 7.66. The van der Waals surface area contributed by atoms with E-state index < -0.39 is 5.79 Å². The Morgan fingerprint density at radius 2 is 2.06 bits per heavy atom. The minimum Gasteiger partial charge on any atom is -0.493 e. The van der Waals surface area contributed by atoms with Gasteiger partial charge in [0.25, 0.3) is 0 Å². The maximum Gasteiger partial charge on any atom is 0.163 e. The first-order chi connectivity index (χ1) is 15.9. The number of aryl methyl sites for hydroxylation is 1. The van der Waals surface area contributed by atoms with E-state index in [1.165, 1.54) is 6.33 Å². The molecule has 2 N–H and O–H groups in total. The Balaban J connectivity index is 1.22. The predicted octanol–water partition coefficient (Wildman–Crippen LogP) is 3.13. The molecule has 33 heavy (non-hydrogen) atoms. The molecule has 4 aromatic rings. The maximum absolute atomic E-state index is 6.47. The van der Waals surface area contributed by atoms with Crippen molar-refractivity contribution in [2.75, 3.05) is 12.3 Å². The molecule has 3 aliphatic rings. The summed E-state index contributed by atoms with van der Waals surface area (Å²) in [5.74, 6) is 1.04. The number of imidazole rings is 1. The minimum absolute atomic E-state index is 0.0449. The second-order valence-corrected chi connectivity index (χ2v) is 10.1. The summed E-state index contributed by atoms with van der Waals surface area (Å²) < 4.78 is 23.5. The van der Waals surface area contributed by atoms with Crippen LogP contribution in [0.4, 0.5) is 5.82 Å². The third kappa shape index (κ3) is 2.63. The number of hydrogen-bond acceptors (Lipinski definition) is 7. The van der Waals surface area contributed by atoms with Gasteiger partial charge in [-0.15, -0.1) is 0 Å². The van der Waals surface area contributed by atoms with E-state index in [2.05, 4.69) is 25.7 Å². The number of rotatable bonds is 4. The van der Waals surface area contributed by atoms with Crippen LogP contribution in [0.2, 0.25) is 0 Å². The Labute approximate surface area is 190 Å². The van der Waals surface area contributed by atoms with Crippen molar-refractivity contribution in [3.63, 3.8) is 0 Å². The van der Waals surface area contributed by atoms with E-state index >= 15 is 0 Å². The lowest BCUT2D eigenvalue weighted by atomic mass is 10.0. The molecule has 2 saturated carbocycles. The van der Waals surface area contributed by atoms with Crippen LogP contribution in [0.15, 0.2) is 43.1 Å². The molecule has 1 aliphatic heterocycles. The van der Waals surface area contributed by atoms with Gasteiger partial charge in [0.2, 0.25) is 0 Å². The predicted molar refractivity (Wildman–Crippen MR) is 121 cm³/mol. The van der Waals surface area contributed by atoms with Crippen LogP contribution < -0.4 is 10.5 Å². The Morgan fingerprint density at radius 3 is 2.94 bits per heavy atom. The summed E-state index contributed by atoms with van der Waals surface area (Å²) in [5, 5.41) is 0.866. The second-order valence-electron chi connectivity index (χ2n) is 10.1. The molecule has 1 saturated heterocycles. The van der Waals surface area contributed by atoms with Gasteiger partial charge in [-0.3, -0.25) is 0 Å². The molecule has 5 heterocycles. The van der Waals surface area contributed by atoms with Gasteiger partial charge in [0.1, 0.15) is 35.3 Å². The lowest BCUT2D eigenvalue weighted by molar-refractivity contribution is -0.162. The highest BCUT2D eigenvalue weighted by Crippen LogP contribution is 2.71. The summed E-state index contributed by atoms with van der Waals surface area (Å²) in [6, 6.07) is 6.07. The first kappa shape index (κ1) is 19.3. The summed E-state index contributed by atoms with van der Waals surface area (Å²) in [5.41, 5.74) is 8.81. The molecule has 0 amide bonds. The number of pyridine rings is 1. The molecule has 5 atom stereocenters. The Morgan fingerprint density at radius 1 is 1.18 bits per heavy atom. The number of anilines is 1. The average molecular weight is 447 g/mol. The zero-order valence-electron chi connectivity index (χ0n) is 18.8. The monoisotopic (exact) mass is 446 g/mol. The van der Waals surface area contributed by atoms with Gasteiger partial charge in [-0.05, 0) is 45.2 Å². The van der Waals surface area contributed by atoms with Crippen molar-refractivity contribution in [2.24, 2.45) is 11.3 Å². The lowest BCUT2D eigenvalue weighted by Crippen LogP contribution is -2.34. The number of hydrogen-bond donors (Lipinski definition) is 1. The number of fused-ring (bicyclic) bond motifs is 5. The summed E-state index contributed by atoms with van der Waals surface area (Å²) in [7, 11) is 0. The van der Waals surface area contributed by atoms with Gasteiger partial charge in [-0.2, -0.15) is 0 Å². The molecule has 0 bridgehead atoms. The van der Waals surface area contributed by atoms with Crippen LogP contribution in [0.1, 0.15) is 32.0 Å².